The predicted octanol–water partition coefficient (Wildman–Crippen LogP) is 6.35. The monoisotopic (exact) mass is 553 g/mol. The fourth-order valence-corrected chi connectivity index (χ4v) is 6.47. The minimum Gasteiger partial charge on any atom is -0.460 e. The van der Waals surface area contributed by atoms with Crippen molar-refractivity contribution in [2.75, 3.05) is 18.0 Å². The van der Waals surface area contributed by atoms with Crippen molar-refractivity contribution in [2.24, 2.45) is 5.92 Å². The zero-order valence-electron chi connectivity index (χ0n) is 22.6. The Labute approximate surface area is 231 Å². The Morgan fingerprint density at radius 1 is 1.15 bits per heavy atom. The van der Waals surface area contributed by atoms with E-state index >= 15 is 0 Å². The van der Waals surface area contributed by atoms with Gasteiger partial charge in [0.15, 0.2) is 5.78 Å². The van der Waals surface area contributed by atoms with Crippen LogP contribution in [0, 0.1) is 17.6 Å². The maximum absolute atomic E-state index is 14.3. The summed E-state index contributed by atoms with van der Waals surface area (Å²) in [5, 5.41) is 1.70. The number of thiazole rings is 1. The number of nitrogens with zero attached hydrogens (tertiary/aromatic N) is 3. The molecule has 1 fully saturated rings. The van der Waals surface area contributed by atoms with Gasteiger partial charge in [0.2, 0.25) is 0 Å². The van der Waals surface area contributed by atoms with Gasteiger partial charge in [-0.15, -0.1) is 11.3 Å². The van der Waals surface area contributed by atoms with Crippen molar-refractivity contribution in [3.8, 4) is 10.6 Å². The van der Waals surface area contributed by atoms with Gasteiger partial charge in [-0.25, -0.2) is 13.8 Å². The molecule has 0 amide bonds. The first-order valence-electron chi connectivity index (χ1n) is 13.5. The van der Waals surface area contributed by atoms with E-state index in [9.17, 15) is 18.4 Å². The summed E-state index contributed by atoms with van der Waals surface area (Å²) in [6, 6.07) is 3.66. The van der Waals surface area contributed by atoms with Gasteiger partial charge in [0.1, 0.15) is 27.9 Å². The fourth-order valence-electron chi connectivity index (χ4n) is 5.60. The Morgan fingerprint density at radius 2 is 1.92 bits per heavy atom. The number of esters is 1. The Kier molecular flexibility index (Phi) is 7.80. The molecule has 0 radical (unpaired) electrons. The van der Waals surface area contributed by atoms with Crippen LogP contribution in [0.3, 0.4) is 0 Å². The number of rotatable bonds is 7. The lowest BCUT2D eigenvalue weighted by Gasteiger charge is -2.36. The second kappa shape index (κ2) is 11.1. The highest BCUT2D eigenvalue weighted by atomic mass is 32.1. The lowest BCUT2D eigenvalue weighted by atomic mass is 9.92. The number of benzene rings is 1. The van der Waals surface area contributed by atoms with E-state index in [4.69, 9.17) is 4.74 Å². The van der Waals surface area contributed by atoms with Gasteiger partial charge >= 0.3 is 5.97 Å². The van der Waals surface area contributed by atoms with Crippen molar-refractivity contribution >= 4 is 28.8 Å². The molecule has 1 aromatic carbocycles. The molecule has 1 aliphatic heterocycles. The van der Waals surface area contributed by atoms with E-state index in [2.05, 4.69) is 14.9 Å². The minimum absolute atomic E-state index is 0.0891. The average molecular weight is 554 g/mol. The number of ketones is 1. The maximum Gasteiger partial charge on any atom is 0.306 e. The number of piperidine rings is 1. The van der Waals surface area contributed by atoms with Gasteiger partial charge in [0.25, 0.3) is 0 Å². The number of Topliss-reactive ketones (excluding diaryl/α,β-unsaturated/α-hetero) is 1. The molecule has 206 valence electrons. The van der Waals surface area contributed by atoms with Gasteiger partial charge in [-0.1, -0.05) is 6.07 Å². The molecule has 0 saturated carbocycles. The minimum atomic E-state index is -0.709. The molecule has 3 aromatic rings. The van der Waals surface area contributed by atoms with Crippen LogP contribution in [-0.2, 0) is 28.8 Å². The molecule has 5 rings (SSSR count). The second-order valence-corrected chi connectivity index (χ2v) is 12.2. The van der Waals surface area contributed by atoms with Crippen LogP contribution >= 0.6 is 11.3 Å². The Morgan fingerprint density at radius 3 is 2.67 bits per heavy atom. The van der Waals surface area contributed by atoms with Crippen LogP contribution < -0.4 is 4.90 Å². The van der Waals surface area contributed by atoms with Crippen molar-refractivity contribution in [1.82, 2.24) is 9.97 Å². The number of ether oxygens (including phenoxy) is 1. The molecule has 39 heavy (non-hydrogen) atoms. The summed E-state index contributed by atoms with van der Waals surface area (Å²) in [6.07, 6.45) is 6.97. The van der Waals surface area contributed by atoms with E-state index in [1.165, 1.54) is 23.8 Å². The molecule has 1 saturated heterocycles. The van der Waals surface area contributed by atoms with Crippen LogP contribution in [0.25, 0.3) is 10.6 Å². The first-order chi connectivity index (χ1) is 18.6. The lowest BCUT2D eigenvalue weighted by molar-refractivity contribution is -0.156. The molecule has 0 unspecified atom stereocenters. The molecule has 1 atom stereocenters. The third-order valence-electron chi connectivity index (χ3n) is 7.18. The molecule has 0 spiro atoms. The second-order valence-electron chi connectivity index (χ2n) is 11.4. The molecule has 3 heterocycles. The zero-order chi connectivity index (χ0) is 27.7. The number of aryl methyl sites for hydroxylation is 1. The highest BCUT2D eigenvalue weighted by Gasteiger charge is 2.30. The van der Waals surface area contributed by atoms with E-state index in [0.717, 1.165) is 66.9 Å². The quantitative estimate of drug-likeness (QED) is 0.251. The third kappa shape index (κ3) is 6.19. The first-order valence-corrected chi connectivity index (χ1v) is 14.4. The fraction of sp³-hybridized carbons (Fsp3) is 0.467. The van der Waals surface area contributed by atoms with E-state index in [-0.39, 0.29) is 40.4 Å². The van der Waals surface area contributed by atoms with Crippen LogP contribution in [0.5, 0.6) is 0 Å². The molecule has 0 bridgehead atoms. The molecule has 2 aliphatic rings. The lowest BCUT2D eigenvalue weighted by Crippen LogP contribution is -2.38. The summed E-state index contributed by atoms with van der Waals surface area (Å²) in [7, 11) is 0. The predicted molar refractivity (Wildman–Crippen MR) is 147 cm³/mol. The van der Waals surface area contributed by atoms with Crippen molar-refractivity contribution < 1.29 is 23.1 Å². The molecule has 9 heteroatoms. The topological polar surface area (TPSA) is 72.4 Å². The zero-order valence-corrected chi connectivity index (χ0v) is 23.4. The number of halogens is 2. The summed E-state index contributed by atoms with van der Waals surface area (Å²) >= 11 is 1.05. The largest absolute Gasteiger partial charge is 0.460 e. The van der Waals surface area contributed by atoms with Crippen LogP contribution in [-0.4, -0.2) is 40.4 Å². The average Bonchev–Trinajstić information content (AvgIpc) is 3.53. The highest BCUT2D eigenvalue weighted by molar-refractivity contribution is 7.13. The smallest absolute Gasteiger partial charge is 0.306 e. The molecular weight excluding hydrogens is 520 g/mol. The molecule has 0 N–H and O–H groups in total. The van der Waals surface area contributed by atoms with E-state index in [1.54, 1.807) is 11.6 Å². The van der Waals surface area contributed by atoms with Crippen molar-refractivity contribution in [3.63, 3.8) is 0 Å². The number of carbonyl (C=O) groups is 2. The van der Waals surface area contributed by atoms with Crippen LogP contribution in [0.1, 0.15) is 73.8 Å². The number of aromatic nitrogens is 2. The number of fused-ring (bicyclic) bond motifs is 1. The molecule has 2 aromatic heterocycles. The Balaban J connectivity index is 1.38. The van der Waals surface area contributed by atoms with Crippen molar-refractivity contribution in [2.45, 2.75) is 71.3 Å². The molecular formula is C30H33F2N3O3S. The number of pyridine rings is 1. The Hall–Kier alpha value is -3.20. The maximum atomic E-state index is 14.3. The van der Waals surface area contributed by atoms with Crippen LogP contribution in [0.15, 0.2) is 29.8 Å². The van der Waals surface area contributed by atoms with Crippen LogP contribution in [0.2, 0.25) is 0 Å². The highest BCUT2D eigenvalue weighted by Crippen LogP contribution is 2.37. The summed E-state index contributed by atoms with van der Waals surface area (Å²) in [6.45, 7) is 7.18. The number of carbonyl (C=O) groups excluding carboxylic acids is 2. The van der Waals surface area contributed by atoms with Gasteiger partial charge in [-0.05, 0) is 76.5 Å². The molecule has 1 aliphatic carbocycles. The summed E-state index contributed by atoms with van der Waals surface area (Å²) in [5.74, 6) is -1.66. The van der Waals surface area contributed by atoms with Gasteiger partial charge in [-0.2, -0.15) is 0 Å². The van der Waals surface area contributed by atoms with Gasteiger partial charge in [0.05, 0.1) is 12.0 Å². The third-order valence-corrected chi connectivity index (χ3v) is 8.04. The summed E-state index contributed by atoms with van der Waals surface area (Å²) < 4.78 is 34.1. The van der Waals surface area contributed by atoms with E-state index in [1.807, 2.05) is 20.8 Å². The molecule has 6 nitrogen and oxygen atoms in total. The standard InChI is InChI=1S/C30H33F2N3O3S/c1-30(2,3)38-26(37)13-18-7-6-12-35(16-18)28-19(15-33-23-11-4-8-20(23)28)14-25(36)24-17-39-29(34-24)27-21(31)9-5-10-22(27)32/h5,9-10,15,17-18H,4,6-8,11-14,16H2,1-3H3/t18-/m1/s1. The van der Waals surface area contributed by atoms with Gasteiger partial charge in [-0.3, -0.25) is 14.6 Å². The van der Waals surface area contributed by atoms with Crippen LogP contribution in [0.4, 0.5) is 14.5 Å². The normalized spacial score (nSPS) is 17.3. The van der Waals surface area contributed by atoms with Gasteiger partial charge in [0, 0.05) is 48.0 Å². The number of hydrogen-bond donors (Lipinski definition) is 0. The number of hydrogen-bond acceptors (Lipinski definition) is 7. The first kappa shape index (κ1) is 27.4. The van der Waals surface area contributed by atoms with E-state index < -0.39 is 17.2 Å². The summed E-state index contributed by atoms with van der Waals surface area (Å²) in [4.78, 5) is 37.2. The SMILES string of the molecule is CC(C)(C)OC(=O)C[C@H]1CCCN(c2c(CC(=O)c3csc(-c4c(F)cccc4F)n3)cnc3c2CCC3)C1. The number of anilines is 1. The van der Waals surface area contributed by atoms with Crippen molar-refractivity contribution in [3.05, 3.63) is 63.9 Å². The summed E-state index contributed by atoms with van der Waals surface area (Å²) in [5.41, 5.74) is 3.59. The Bertz CT molecular complexity index is 1380. The van der Waals surface area contributed by atoms with Crippen molar-refractivity contribution in [1.29, 1.82) is 0 Å². The van der Waals surface area contributed by atoms with Gasteiger partial charge < -0.3 is 9.64 Å². The van der Waals surface area contributed by atoms with E-state index in [0.29, 0.717) is 13.0 Å².